The molecule has 0 radical (unpaired) electrons. The number of esters is 1. The van der Waals surface area contributed by atoms with E-state index in [4.69, 9.17) is 10.8 Å². The Labute approximate surface area is 161 Å². The number of alkyl halides is 3. The third-order valence-corrected chi connectivity index (χ3v) is 4.35. The number of β-amino-alcohol motifs (C(OH)–C–C–N with tert-alkyl or cyclic N) is 1. The molecule has 2 rings (SSSR count). The van der Waals surface area contributed by atoms with Crippen LogP contribution >= 0.6 is 11.8 Å². The molecule has 152 valence electrons. The summed E-state index contributed by atoms with van der Waals surface area (Å²) in [4.78, 5) is 36.7. The van der Waals surface area contributed by atoms with Gasteiger partial charge in [0, 0.05) is 22.7 Å². The van der Waals surface area contributed by atoms with Crippen molar-refractivity contribution in [1.29, 1.82) is 0 Å². The van der Waals surface area contributed by atoms with Crippen LogP contribution in [0.15, 0.2) is 34.4 Å². The normalized spacial score (nSPS) is 14.5. The van der Waals surface area contributed by atoms with Crippen molar-refractivity contribution in [1.82, 2.24) is 4.90 Å². The monoisotopic (exact) mass is 419 g/mol. The molecule has 0 aromatic heterocycles. The first-order valence-electron chi connectivity index (χ1n) is 7.75. The molecule has 1 aromatic rings. The Morgan fingerprint density at radius 1 is 1.36 bits per heavy atom. The maximum absolute atomic E-state index is 12.7. The van der Waals surface area contributed by atoms with Crippen LogP contribution in [0.4, 0.5) is 18.9 Å². The van der Waals surface area contributed by atoms with Crippen LogP contribution in [-0.4, -0.2) is 60.1 Å². The highest BCUT2D eigenvalue weighted by Crippen LogP contribution is 2.38. The lowest BCUT2D eigenvalue weighted by Gasteiger charge is -2.15. The molecule has 0 spiro atoms. The minimum Gasteiger partial charge on any atom is -0.466 e. The first-order valence-corrected chi connectivity index (χ1v) is 8.56. The van der Waals surface area contributed by atoms with Gasteiger partial charge < -0.3 is 25.8 Å². The highest BCUT2D eigenvalue weighted by atomic mass is 32.2. The van der Waals surface area contributed by atoms with Crippen LogP contribution in [-0.2, 0) is 14.3 Å². The van der Waals surface area contributed by atoms with Crippen LogP contribution in [0.3, 0.4) is 0 Å². The van der Waals surface area contributed by atoms with Crippen LogP contribution in [0.2, 0.25) is 0 Å². The number of ether oxygens (including phenoxy) is 1. The predicted molar refractivity (Wildman–Crippen MR) is 93.2 cm³/mol. The molecule has 1 aromatic carbocycles. The Kier molecular flexibility index (Phi) is 6.56. The zero-order valence-corrected chi connectivity index (χ0v) is 15.3. The van der Waals surface area contributed by atoms with Crippen molar-refractivity contribution in [3.63, 3.8) is 0 Å². The second-order valence-electron chi connectivity index (χ2n) is 5.58. The lowest BCUT2D eigenvalue weighted by molar-refractivity contribution is -0.136. The average Bonchev–Trinajstić information content (AvgIpc) is 2.89. The fourth-order valence-electron chi connectivity index (χ4n) is 2.50. The van der Waals surface area contributed by atoms with E-state index in [1.54, 1.807) is 0 Å². The standard InChI is InChI=1S/C16H16F3N3O5S/c1-27-15(26)11-7-22(2-3-23)14(25)12(11)21-9-4-8(13(20)24)5-10(6-9)28-16(17,18)19/h4-6,21,23H,2-3,7H2,1H3,(H2,20,24). The van der Waals surface area contributed by atoms with Gasteiger partial charge >= 0.3 is 11.5 Å². The van der Waals surface area contributed by atoms with E-state index < -0.39 is 35.1 Å². The molecule has 12 heteroatoms. The Bertz CT molecular complexity index is 841. The third kappa shape index (κ3) is 5.16. The summed E-state index contributed by atoms with van der Waals surface area (Å²) in [6.07, 6.45) is 0. The van der Waals surface area contributed by atoms with E-state index in [0.717, 1.165) is 30.2 Å². The van der Waals surface area contributed by atoms with Crippen LogP contribution in [0.25, 0.3) is 0 Å². The van der Waals surface area contributed by atoms with Crippen LogP contribution < -0.4 is 11.1 Å². The fourth-order valence-corrected chi connectivity index (χ4v) is 3.14. The Balaban J connectivity index is 2.44. The fraction of sp³-hybridized carbons (Fsp3) is 0.312. The highest BCUT2D eigenvalue weighted by Gasteiger charge is 2.35. The number of carbonyl (C=O) groups excluding carboxylic acids is 3. The summed E-state index contributed by atoms with van der Waals surface area (Å²) in [5.41, 5.74) is 0.0234. The second kappa shape index (κ2) is 8.52. The van der Waals surface area contributed by atoms with Gasteiger partial charge in [0.1, 0.15) is 5.70 Å². The Hall–Kier alpha value is -2.73. The average molecular weight is 419 g/mol. The molecule has 0 atom stereocenters. The van der Waals surface area contributed by atoms with Gasteiger partial charge in [0.15, 0.2) is 0 Å². The summed E-state index contributed by atoms with van der Waals surface area (Å²) in [7, 11) is 1.11. The van der Waals surface area contributed by atoms with Crippen molar-refractivity contribution in [3.05, 3.63) is 35.0 Å². The van der Waals surface area contributed by atoms with Crippen molar-refractivity contribution < 1.29 is 37.4 Å². The molecule has 2 amide bonds. The van der Waals surface area contributed by atoms with Crippen molar-refractivity contribution in [2.45, 2.75) is 10.4 Å². The molecule has 0 bridgehead atoms. The zero-order valence-electron chi connectivity index (χ0n) is 14.5. The Morgan fingerprint density at radius 2 is 2.04 bits per heavy atom. The maximum Gasteiger partial charge on any atom is 0.446 e. The molecule has 0 saturated carbocycles. The van der Waals surface area contributed by atoms with Crippen LogP contribution in [0, 0.1) is 0 Å². The van der Waals surface area contributed by atoms with Gasteiger partial charge in [0.05, 0.1) is 25.8 Å². The molecular weight excluding hydrogens is 403 g/mol. The van der Waals surface area contributed by atoms with Crippen LogP contribution in [0.1, 0.15) is 10.4 Å². The van der Waals surface area contributed by atoms with Gasteiger partial charge in [0.2, 0.25) is 5.91 Å². The summed E-state index contributed by atoms with van der Waals surface area (Å²) >= 11 is -0.458. The lowest BCUT2D eigenvalue weighted by Crippen LogP contribution is -2.31. The number of hydrogen-bond donors (Lipinski definition) is 3. The number of thioether (sulfide) groups is 1. The number of aliphatic hydroxyl groups is 1. The number of benzene rings is 1. The van der Waals surface area contributed by atoms with Gasteiger partial charge in [-0.05, 0) is 30.0 Å². The molecule has 0 fully saturated rings. The van der Waals surface area contributed by atoms with E-state index in [0.29, 0.717) is 0 Å². The highest BCUT2D eigenvalue weighted by molar-refractivity contribution is 8.00. The topological polar surface area (TPSA) is 122 Å². The van der Waals surface area contributed by atoms with Gasteiger partial charge in [-0.1, -0.05) is 0 Å². The minimum absolute atomic E-state index is 0.0429. The number of amides is 2. The summed E-state index contributed by atoms with van der Waals surface area (Å²) in [6, 6.07) is 3.19. The largest absolute Gasteiger partial charge is 0.466 e. The molecule has 1 heterocycles. The summed E-state index contributed by atoms with van der Waals surface area (Å²) in [6.45, 7) is -0.550. The number of hydrogen-bond acceptors (Lipinski definition) is 7. The number of halogens is 3. The molecular formula is C16H16F3N3O5S. The number of primary amides is 1. The minimum atomic E-state index is -4.61. The van der Waals surface area contributed by atoms with Gasteiger partial charge in [0.25, 0.3) is 5.91 Å². The zero-order chi connectivity index (χ0) is 21.1. The SMILES string of the molecule is COC(=O)C1=C(Nc2cc(SC(F)(F)F)cc(C(N)=O)c2)C(=O)N(CCO)C1. The van der Waals surface area contributed by atoms with Crippen molar-refractivity contribution in [2.75, 3.05) is 32.1 Å². The number of nitrogens with zero attached hydrogens (tertiary/aromatic N) is 1. The van der Waals surface area contributed by atoms with E-state index in [-0.39, 0.29) is 47.1 Å². The molecule has 4 N–H and O–H groups in total. The van der Waals surface area contributed by atoms with E-state index in [1.165, 1.54) is 0 Å². The Morgan fingerprint density at radius 3 is 2.57 bits per heavy atom. The molecule has 0 saturated heterocycles. The van der Waals surface area contributed by atoms with Gasteiger partial charge in [-0.2, -0.15) is 13.2 Å². The predicted octanol–water partition coefficient (Wildman–Crippen LogP) is 1.07. The van der Waals surface area contributed by atoms with Gasteiger partial charge in [-0.3, -0.25) is 9.59 Å². The number of nitrogens with two attached hydrogens (primary N) is 1. The second-order valence-corrected chi connectivity index (χ2v) is 6.72. The van der Waals surface area contributed by atoms with Crippen molar-refractivity contribution >= 4 is 35.2 Å². The number of methoxy groups -OCH3 is 1. The molecule has 0 aliphatic carbocycles. The molecule has 1 aliphatic heterocycles. The number of nitrogens with one attached hydrogen (secondary N) is 1. The molecule has 1 aliphatic rings. The molecule has 0 unspecified atom stereocenters. The number of aliphatic hydroxyl groups excluding tert-OH is 1. The summed E-state index contributed by atoms with van der Waals surface area (Å²) in [5.74, 6) is -2.43. The van der Waals surface area contributed by atoms with Crippen molar-refractivity contribution in [3.8, 4) is 0 Å². The summed E-state index contributed by atoms with van der Waals surface area (Å²) in [5, 5.41) is 11.6. The lowest BCUT2D eigenvalue weighted by atomic mass is 10.1. The van der Waals surface area contributed by atoms with Gasteiger partial charge in [-0.15, -0.1) is 0 Å². The number of rotatable bonds is 7. The van der Waals surface area contributed by atoms with Crippen LogP contribution in [0.5, 0.6) is 0 Å². The number of anilines is 1. The first-order chi connectivity index (χ1) is 13.1. The van der Waals surface area contributed by atoms with E-state index in [9.17, 15) is 27.6 Å². The smallest absolute Gasteiger partial charge is 0.446 e. The van der Waals surface area contributed by atoms with Gasteiger partial charge in [-0.25, -0.2) is 4.79 Å². The first kappa shape index (κ1) is 21.6. The summed E-state index contributed by atoms with van der Waals surface area (Å²) < 4.78 is 42.7. The van der Waals surface area contributed by atoms with E-state index in [1.807, 2.05) is 0 Å². The maximum atomic E-state index is 12.7. The van der Waals surface area contributed by atoms with Crippen molar-refractivity contribution in [2.24, 2.45) is 5.73 Å². The molecule has 28 heavy (non-hydrogen) atoms. The van der Waals surface area contributed by atoms with E-state index in [2.05, 4.69) is 10.1 Å². The van der Waals surface area contributed by atoms with E-state index >= 15 is 0 Å². The third-order valence-electron chi connectivity index (χ3n) is 3.65. The molecule has 8 nitrogen and oxygen atoms in total. The number of carbonyl (C=O) groups is 3. The quantitative estimate of drug-likeness (QED) is 0.446.